The SMILES string of the molecule is CC(CC(=O)NCC(=O)N(C)CCc1ccccn1)C1CCNCC1.Cl.Cl. The van der Waals surface area contributed by atoms with Crippen LogP contribution in [-0.2, 0) is 16.0 Å². The molecule has 1 saturated heterocycles. The molecule has 0 bridgehead atoms. The molecule has 1 aromatic rings. The molecule has 1 aliphatic heterocycles. The van der Waals surface area contributed by atoms with Crippen molar-refractivity contribution >= 4 is 36.6 Å². The summed E-state index contributed by atoms with van der Waals surface area (Å²) in [6, 6.07) is 5.76. The highest BCUT2D eigenvalue weighted by molar-refractivity contribution is 5.86. The summed E-state index contributed by atoms with van der Waals surface area (Å²) in [5, 5.41) is 6.11. The molecule has 1 aliphatic rings. The van der Waals surface area contributed by atoms with Crippen molar-refractivity contribution in [2.45, 2.75) is 32.6 Å². The molecule has 6 nitrogen and oxygen atoms in total. The molecule has 1 aromatic heterocycles. The Kier molecular flexibility index (Phi) is 13.0. The van der Waals surface area contributed by atoms with Crippen molar-refractivity contribution in [3.63, 3.8) is 0 Å². The number of amides is 2. The molecule has 27 heavy (non-hydrogen) atoms. The van der Waals surface area contributed by atoms with E-state index in [0.717, 1.165) is 31.6 Å². The Morgan fingerprint density at radius 2 is 2.00 bits per heavy atom. The third kappa shape index (κ3) is 9.40. The maximum Gasteiger partial charge on any atom is 0.241 e. The quantitative estimate of drug-likeness (QED) is 0.677. The largest absolute Gasteiger partial charge is 0.347 e. The Morgan fingerprint density at radius 1 is 1.30 bits per heavy atom. The highest BCUT2D eigenvalue weighted by Gasteiger charge is 2.22. The number of hydrogen-bond acceptors (Lipinski definition) is 4. The number of hydrogen-bond donors (Lipinski definition) is 2. The Hall–Kier alpha value is -1.37. The van der Waals surface area contributed by atoms with Crippen LogP contribution in [0.25, 0.3) is 0 Å². The Bertz CT molecular complexity index is 554. The van der Waals surface area contributed by atoms with Crippen molar-refractivity contribution in [3.8, 4) is 0 Å². The van der Waals surface area contributed by atoms with E-state index >= 15 is 0 Å². The first-order chi connectivity index (χ1) is 12.1. The number of carbonyl (C=O) groups excluding carboxylic acids is 2. The van der Waals surface area contributed by atoms with Gasteiger partial charge in [0.15, 0.2) is 0 Å². The van der Waals surface area contributed by atoms with Gasteiger partial charge in [0.2, 0.25) is 11.8 Å². The number of nitrogens with zero attached hydrogens (tertiary/aromatic N) is 2. The van der Waals surface area contributed by atoms with Gasteiger partial charge in [-0.3, -0.25) is 14.6 Å². The van der Waals surface area contributed by atoms with Gasteiger partial charge in [0.05, 0.1) is 6.54 Å². The van der Waals surface area contributed by atoms with Crippen molar-refractivity contribution in [1.82, 2.24) is 20.5 Å². The van der Waals surface area contributed by atoms with E-state index in [1.165, 1.54) is 0 Å². The minimum Gasteiger partial charge on any atom is -0.347 e. The molecule has 2 rings (SSSR count). The van der Waals surface area contributed by atoms with Crippen molar-refractivity contribution in [2.24, 2.45) is 11.8 Å². The molecular weight excluding hydrogens is 387 g/mol. The molecule has 0 spiro atoms. The summed E-state index contributed by atoms with van der Waals surface area (Å²) in [5.41, 5.74) is 0.960. The smallest absolute Gasteiger partial charge is 0.241 e. The van der Waals surface area contributed by atoms with E-state index in [1.54, 1.807) is 18.1 Å². The van der Waals surface area contributed by atoms with Crippen molar-refractivity contribution < 1.29 is 9.59 Å². The standard InChI is InChI=1S/C19H30N4O2.2ClH/c1-15(16-6-10-20-11-7-16)13-18(24)22-14-19(25)23(2)12-8-17-5-3-4-9-21-17;;/h3-5,9,15-16,20H,6-8,10-14H2,1-2H3,(H,22,24);2*1H. The summed E-state index contributed by atoms with van der Waals surface area (Å²) >= 11 is 0. The van der Waals surface area contributed by atoms with Crippen LogP contribution >= 0.6 is 24.8 Å². The van der Waals surface area contributed by atoms with Crippen LogP contribution in [0.5, 0.6) is 0 Å². The Morgan fingerprint density at radius 3 is 2.63 bits per heavy atom. The zero-order chi connectivity index (χ0) is 18.1. The molecule has 0 aliphatic carbocycles. The predicted octanol–water partition coefficient (Wildman–Crippen LogP) is 2.07. The van der Waals surface area contributed by atoms with Gasteiger partial charge in [-0.2, -0.15) is 0 Å². The first-order valence-corrected chi connectivity index (χ1v) is 9.17. The van der Waals surface area contributed by atoms with Crippen LogP contribution in [0.1, 0.15) is 31.9 Å². The monoisotopic (exact) mass is 418 g/mol. The molecule has 0 saturated carbocycles. The molecule has 1 unspecified atom stereocenters. The number of aromatic nitrogens is 1. The fourth-order valence-corrected chi connectivity index (χ4v) is 3.21. The summed E-state index contributed by atoms with van der Waals surface area (Å²) in [4.78, 5) is 30.1. The van der Waals surface area contributed by atoms with Crippen LogP contribution in [0, 0.1) is 11.8 Å². The van der Waals surface area contributed by atoms with Crippen LogP contribution in [0.15, 0.2) is 24.4 Å². The molecule has 2 N–H and O–H groups in total. The lowest BCUT2D eigenvalue weighted by molar-refractivity contribution is -0.132. The summed E-state index contributed by atoms with van der Waals surface area (Å²) in [6.45, 7) is 4.87. The molecule has 2 amide bonds. The lowest BCUT2D eigenvalue weighted by Gasteiger charge is -2.28. The number of halogens is 2. The van der Waals surface area contributed by atoms with Crippen molar-refractivity contribution in [1.29, 1.82) is 0 Å². The summed E-state index contributed by atoms with van der Waals surface area (Å²) in [7, 11) is 1.76. The molecule has 1 fully saturated rings. The van der Waals surface area contributed by atoms with E-state index < -0.39 is 0 Å². The first-order valence-electron chi connectivity index (χ1n) is 9.17. The average molecular weight is 419 g/mol. The van der Waals surface area contributed by atoms with Crippen LogP contribution in [0.2, 0.25) is 0 Å². The second kappa shape index (κ2) is 13.7. The Labute approximate surface area is 174 Å². The number of nitrogens with one attached hydrogen (secondary N) is 2. The van der Waals surface area contributed by atoms with Gasteiger partial charge in [-0.05, 0) is 49.9 Å². The van der Waals surface area contributed by atoms with Crippen LogP contribution in [0.4, 0.5) is 0 Å². The van der Waals surface area contributed by atoms with Crippen LogP contribution < -0.4 is 10.6 Å². The summed E-state index contributed by atoms with van der Waals surface area (Å²) in [5.74, 6) is 0.860. The maximum absolute atomic E-state index is 12.1. The van der Waals surface area contributed by atoms with Gasteiger partial charge in [-0.25, -0.2) is 0 Å². The molecule has 154 valence electrons. The topological polar surface area (TPSA) is 74.3 Å². The lowest BCUT2D eigenvalue weighted by atomic mass is 9.84. The van der Waals surface area contributed by atoms with E-state index in [1.807, 2.05) is 18.2 Å². The highest BCUT2D eigenvalue weighted by atomic mass is 35.5. The minimum absolute atomic E-state index is 0. The molecular formula is C19H32Cl2N4O2. The number of likely N-dealkylation sites (N-methyl/N-ethyl adjacent to an activating group) is 1. The van der Waals surface area contributed by atoms with Crippen molar-refractivity contribution in [3.05, 3.63) is 30.1 Å². The van der Waals surface area contributed by atoms with Crippen LogP contribution in [0.3, 0.4) is 0 Å². The van der Waals surface area contributed by atoms with Crippen LogP contribution in [-0.4, -0.2) is 54.9 Å². The van der Waals surface area contributed by atoms with E-state index in [0.29, 0.717) is 31.2 Å². The van der Waals surface area contributed by atoms with Gasteiger partial charge in [0.25, 0.3) is 0 Å². The van der Waals surface area contributed by atoms with Gasteiger partial charge in [0.1, 0.15) is 0 Å². The molecule has 0 aromatic carbocycles. The summed E-state index contributed by atoms with van der Waals surface area (Å²) in [6.07, 6.45) is 5.22. The number of rotatable bonds is 8. The van der Waals surface area contributed by atoms with Gasteiger partial charge in [0, 0.05) is 38.3 Å². The van der Waals surface area contributed by atoms with E-state index in [9.17, 15) is 9.59 Å². The normalized spacial score (nSPS) is 15.0. The number of pyridine rings is 1. The van der Waals surface area contributed by atoms with Gasteiger partial charge in [-0.1, -0.05) is 13.0 Å². The zero-order valence-electron chi connectivity index (χ0n) is 16.1. The molecule has 0 radical (unpaired) electrons. The third-order valence-electron chi connectivity index (χ3n) is 4.99. The zero-order valence-corrected chi connectivity index (χ0v) is 17.8. The van der Waals surface area contributed by atoms with Gasteiger partial charge in [-0.15, -0.1) is 24.8 Å². The van der Waals surface area contributed by atoms with Crippen molar-refractivity contribution in [2.75, 3.05) is 33.2 Å². The highest BCUT2D eigenvalue weighted by Crippen LogP contribution is 2.24. The van der Waals surface area contributed by atoms with E-state index in [-0.39, 0.29) is 43.2 Å². The maximum atomic E-state index is 12.1. The molecule has 2 heterocycles. The predicted molar refractivity (Wildman–Crippen MR) is 112 cm³/mol. The first kappa shape index (κ1) is 25.6. The third-order valence-corrected chi connectivity index (χ3v) is 4.99. The molecule has 1 atom stereocenters. The number of piperidine rings is 1. The fourth-order valence-electron chi connectivity index (χ4n) is 3.21. The summed E-state index contributed by atoms with van der Waals surface area (Å²) < 4.78 is 0. The van der Waals surface area contributed by atoms with E-state index in [4.69, 9.17) is 0 Å². The lowest BCUT2D eigenvalue weighted by Crippen LogP contribution is -2.40. The van der Waals surface area contributed by atoms with Gasteiger partial charge >= 0.3 is 0 Å². The Balaban J connectivity index is 0.00000338. The van der Waals surface area contributed by atoms with Gasteiger partial charge < -0.3 is 15.5 Å². The minimum atomic E-state index is -0.0706. The molecule has 8 heteroatoms. The van der Waals surface area contributed by atoms with E-state index in [2.05, 4.69) is 22.5 Å². The second-order valence-corrected chi connectivity index (χ2v) is 6.93. The fraction of sp³-hybridized carbons (Fsp3) is 0.632. The average Bonchev–Trinajstić information content (AvgIpc) is 2.65. The second-order valence-electron chi connectivity index (χ2n) is 6.93. The number of carbonyl (C=O) groups is 2.